The van der Waals surface area contributed by atoms with E-state index in [-0.39, 0.29) is 5.75 Å². The molecule has 0 aliphatic heterocycles. The summed E-state index contributed by atoms with van der Waals surface area (Å²) in [7, 11) is 0. The fraction of sp³-hybridized carbons (Fsp3) is 0.400. The summed E-state index contributed by atoms with van der Waals surface area (Å²) < 4.78 is 0. The van der Waals surface area contributed by atoms with Crippen molar-refractivity contribution in [2.24, 2.45) is 0 Å². The quantitative estimate of drug-likeness (QED) is 0.702. The van der Waals surface area contributed by atoms with Gasteiger partial charge in [0.2, 0.25) is 0 Å². The van der Waals surface area contributed by atoms with Gasteiger partial charge >= 0.3 is 0 Å². The number of hydrogen-bond donors (Lipinski definition) is 2. The Labute approximate surface area is 78.2 Å². The number of hydrogen-bond acceptors (Lipinski definition) is 3. The number of anilines is 1. The van der Waals surface area contributed by atoms with Crippen LogP contribution < -0.4 is 5.06 Å². The van der Waals surface area contributed by atoms with Gasteiger partial charge in [0.15, 0.2) is 0 Å². The van der Waals surface area contributed by atoms with Gasteiger partial charge in [-0.05, 0) is 37.1 Å². The van der Waals surface area contributed by atoms with E-state index in [2.05, 4.69) is 0 Å². The summed E-state index contributed by atoms with van der Waals surface area (Å²) >= 11 is 0. The van der Waals surface area contributed by atoms with Crippen LogP contribution in [0.2, 0.25) is 0 Å². The Hall–Kier alpha value is -1.22. The van der Waals surface area contributed by atoms with Crippen molar-refractivity contribution < 1.29 is 10.3 Å². The lowest BCUT2D eigenvalue weighted by Gasteiger charge is -2.17. The van der Waals surface area contributed by atoms with Crippen LogP contribution in [-0.4, -0.2) is 16.9 Å². The van der Waals surface area contributed by atoms with Gasteiger partial charge < -0.3 is 5.11 Å². The van der Waals surface area contributed by atoms with E-state index in [4.69, 9.17) is 0 Å². The average molecular weight is 181 g/mol. The van der Waals surface area contributed by atoms with Crippen molar-refractivity contribution in [3.05, 3.63) is 23.8 Å². The predicted octanol–water partition coefficient (Wildman–Crippen LogP) is 2.17. The maximum atomic E-state index is 9.48. The summed E-state index contributed by atoms with van der Waals surface area (Å²) in [6.07, 6.45) is 0.792. The van der Waals surface area contributed by atoms with Crippen molar-refractivity contribution in [3.8, 4) is 5.75 Å². The molecule has 0 aliphatic carbocycles. The molecule has 3 nitrogen and oxygen atoms in total. The minimum Gasteiger partial charge on any atom is -0.508 e. The fourth-order valence-electron chi connectivity index (χ4n) is 1.28. The summed E-state index contributed by atoms with van der Waals surface area (Å²) in [5, 5.41) is 19.9. The molecule has 3 heteroatoms. The second-order valence-corrected chi connectivity index (χ2v) is 2.88. The molecule has 0 saturated heterocycles. The first-order chi connectivity index (χ1) is 6.19. The second-order valence-electron chi connectivity index (χ2n) is 2.88. The summed E-state index contributed by atoms with van der Waals surface area (Å²) in [4.78, 5) is 0. The minimum atomic E-state index is 0.241. The third kappa shape index (κ3) is 2.12. The van der Waals surface area contributed by atoms with Crippen LogP contribution in [0.5, 0.6) is 5.75 Å². The molecule has 0 fully saturated rings. The fourth-order valence-corrected chi connectivity index (χ4v) is 1.28. The first-order valence-electron chi connectivity index (χ1n) is 4.47. The Morgan fingerprint density at radius 2 is 2.00 bits per heavy atom. The smallest absolute Gasteiger partial charge is 0.116 e. The highest BCUT2D eigenvalue weighted by Gasteiger charge is 2.06. The summed E-state index contributed by atoms with van der Waals surface area (Å²) in [5.41, 5.74) is 1.71. The van der Waals surface area contributed by atoms with Gasteiger partial charge in [-0.2, -0.15) is 0 Å². The molecular weight excluding hydrogens is 166 g/mol. The lowest BCUT2D eigenvalue weighted by molar-refractivity contribution is 0.259. The zero-order valence-corrected chi connectivity index (χ0v) is 7.99. The zero-order chi connectivity index (χ0) is 9.84. The molecule has 0 unspecified atom stereocenters. The van der Waals surface area contributed by atoms with Gasteiger partial charge in [0.1, 0.15) is 5.75 Å². The number of phenols is 1. The second kappa shape index (κ2) is 4.14. The van der Waals surface area contributed by atoms with Gasteiger partial charge in [-0.15, -0.1) is 0 Å². The maximum absolute atomic E-state index is 9.48. The van der Waals surface area contributed by atoms with Crippen molar-refractivity contribution in [3.63, 3.8) is 0 Å². The molecular formula is C10H15NO2. The van der Waals surface area contributed by atoms with Gasteiger partial charge in [0.05, 0.1) is 5.69 Å². The van der Waals surface area contributed by atoms with Crippen molar-refractivity contribution in [2.45, 2.75) is 20.3 Å². The molecule has 1 rings (SSSR count). The molecule has 0 heterocycles. The summed E-state index contributed by atoms with van der Waals surface area (Å²) in [5.74, 6) is 0.241. The molecule has 13 heavy (non-hydrogen) atoms. The van der Waals surface area contributed by atoms with E-state index in [0.29, 0.717) is 6.54 Å². The predicted molar refractivity (Wildman–Crippen MR) is 52.3 cm³/mol. The van der Waals surface area contributed by atoms with Crippen LogP contribution in [0.25, 0.3) is 0 Å². The molecule has 0 aromatic heterocycles. The molecule has 0 bridgehead atoms. The Morgan fingerprint density at radius 3 is 2.54 bits per heavy atom. The molecule has 1 aromatic carbocycles. The molecule has 2 N–H and O–H groups in total. The van der Waals surface area contributed by atoms with Crippen molar-refractivity contribution >= 4 is 5.69 Å². The Kier molecular flexibility index (Phi) is 3.14. The molecule has 72 valence electrons. The van der Waals surface area contributed by atoms with Gasteiger partial charge in [0.25, 0.3) is 0 Å². The minimum absolute atomic E-state index is 0.241. The Bertz CT molecular complexity index is 286. The lowest BCUT2D eigenvalue weighted by atomic mass is 10.1. The summed E-state index contributed by atoms with van der Waals surface area (Å²) in [6, 6.07) is 4.97. The van der Waals surface area contributed by atoms with Crippen LogP contribution in [0.4, 0.5) is 5.69 Å². The summed E-state index contributed by atoms with van der Waals surface area (Å²) in [6.45, 7) is 4.39. The third-order valence-corrected chi connectivity index (χ3v) is 2.02. The number of nitrogens with zero attached hydrogens (tertiary/aromatic N) is 1. The molecule has 0 aliphatic rings. The van der Waals surface area contributed by atoms with Crippen LogP contribution in [0.15, 0.2) is 18.2 Å². The largest absolute Gasteiger partial charge is 0.508 e. The van der Waals surface area contributed by atoms with E-state index in [0.717, 1.165) is 17.7 Å². The van der Waals surface area contributed by atoms with Crippen LogP contribution in [0.1, 0.15) is 19.4 Å². The van der Waals surface area contributed by atoms with Gasteiger partial charge in [-0.1, -0.05) is 6.92 Å². The van der Waals surface area contributed by atoms with Gasteiger partial charge in [-0.3, -0.25) is 10.3 Å². The van der Waals surface area contributed by atoms with Crippen LogP contribution in [0, 0.1) is 0 Å². The highest BCUT2D eigenvalue weighted by Crippen LogP contribution is 2.24. The number of benzene rings is 1. The van der Waals surface area contributed by atoms with E-state index in [1.807, 2.05) is 13.8 Å². The van der Waals surface area contributed by atoms with E-state index in [1.165, 1.54) is 5.06 Å². The first-order valence-corrected chi connectivity index (χ1v) is 4.47. The topological polar surface area (TPSA) is 43.7 Å². The van der Waals surface area contributed by atoms with E-state index in [1.54, 1.807) is 18.2 Å². The highest BCUT2D eigenvalue weighted by molar-refractivity contribution is 5.54. The standard InChI is InChI=1S/C10H15NO2/c1-3-8-7-9(12)5-6-10(8)11(13)4-2/h5-7,12-13H,3-4H2,1-2H3. The SMILES string of the molecule is CCc1cc(O)ccc1N(O)CC. The van der Waals surface area contributed by atoms with Crippen molar-refractivity contribution in [1.82, 2.24) is 0 Å². The number of phenolic OH excluding ortho intramolecular Hbond substituents is 1. The maximum Gasteiger partial charge on any atom is 0.116 e. The normalized spacial score (nSPS) is 10.1. The molecule has 0 saturated carbocycles. The number of rotatable bonds is 3. The highest BCUT2D eigenvalue weighted by atomic mass is 16.5. The van der Waals surface area contributed by atoms with Gasteiger partial charge in [-0.25, -0.2) is 0 Å². The van der Waals surface area contributed by atoms with Crippen LogP contribution in [-0.2, 0) is 6.42 Å². The average Bonchev–Trinajstić information content (AvgIpc) is 2.16. The van der Waals surface area contributed by atoms with Crippen molar-refractivity contribution in [1.29, 1.82) is 0 Å². The van der Waals surface area contributed by atoms with E-state index >= 15 is 0 Å². The zero-order valence-electron chi connectivity index (χ0n) is 7.99. The molecule has 0 spiro atoms. The molecule has 0 atom stereocenters. The van der Waals surface area contributed by atoms with E-state index < -0.39 is 0 Å². The van der Waals surface area contributed by atoms with Crippen molar-refractivity contribution in [2.75, 3.05) is 11.6 Å². The Balaban J connectivity index is 3.05. The molecule has 1 aromatic rings. The Morgan fingerprint density at radius 1 is 1.31 bits per heavy atom. The van der Waals surface area contributed by atoms with Crippen LogP contribution >= 0.6 is 0 Å². The third-order valence-electron chi connectivity index (χ3n) is 2.02. The number of hydroxylamine groups is 1. The number of aromatic hydroxyl groups is 1. The van der Waals surface area contributed by atoms with Crippen LogP contribution in [0.3, 0.4) is 0 Å². The first kappa shape index (κ1) is 9.86. The monoisotopic (exact) mass is 181 g/mol. The van der Waals surface area contributed by atoms with E-state index in [9.17, 15) is 10.3 Å². The lowest BCUT2D eigenvalue weighted by Crippen LogP contribution is -2.18. The molecule has 0 amide bonds. The molecule has 0 radical (unpaired) electrons. The number of aryl methyl sites for hydroxylation is 1. The van der Waals surface area contributed by atoms with Gasteiger partial charge in [0, 0.05) is 6.54 Å².